The lowest BCUT2D eigenvalue weighted by molar-refractivity contribution is 0.0994. The minimum atomic E-state index is -0.436. The van der Waals surface area contributed by atoms with Gasteiger partial charge in [-0.2, -0.15) is 0 Å². The van der Waals surface area contributed by atoms with Crippen molar-refractivity contribution in [1.29, 1.82) is 0 Å². The third-order valence-corrected chi connectivity index (χ3v) is 3.84. The Morgan fingerprint density at radius 3 is 2.83 bits per heavy atom. The normalized spacial score (nSPS) is 10.9. The Morgan fingerprint density at radius 2 is 2.09 bits per heavy atom. The molecule has 0 radical (unpaired) electrons. The first-order chi connectivity index (χ1) is 11.1. The molecule has 1 aromatic carbocycles. The van der Waals surface area contributed by atoms with Gasteiger partial charge in [-0.3, -0.25) is 10.1 Å². The minimum Gasteiger partial charge on any atom is -0.459 e. The maximum atomic E-state index is 11.9. The molecule has 3 rings (SSSR count). The second kappa shape index (κ2) is 6.70. The van der Waals surface area contributed by atoms with E-state index in [0.29, 0.717) is 11.1 Å². The van der Waals surface area contributed by atoms with E-state index in [9.17, 15) is 4.79 Å². The molecule has 0 bridgehead atoms. The van der Waals surface area contributed by atoms with E-state index in [1.165, 1.54) is 6.26 Å². The maximum absolute atomic E-state index is 11.9. The number of nitrogens with one attached hydrogen (secondary N) is 1. The van der Waals surface area contributed by atoms with E-state index in [1.54, 1.807) is 23.9 Å². The second-order valence-corrected chi connectivity index (χ2v) is 6.69. The number of anilines is 1. The molecule has 0 saturated carbocycles. The first-order valence-electron chi connectivity index (χ1n) is 7.07. The van der Waals surface area contributed by atoms with Crippen LogP contribution in [-0.2, 0) is 0 Å². The van der Waals surface area contributed by atoms with Crippen LogP contribution in [0.25, 0.3) is 11.5 Å². The molecule has 0 aliphatic rings. The van der Waals surface area contributed by atoms with Gasteiger partial charge >= 0.3 is 6.01 Å². The Kier molecular flexibility index (Phi) is 4.47. The van der Waals surface area contributed by atoms with E-state index < -0.39 is 5.91 Å². The van der Waals surface area contributed by atoms with Crippen molar-refractivity contribution in [1.82, 2.24) is 10.2 Å². The first-order valence-corrected chi connectivity index (χ1v) is 7.95. The second-order valence-electron chi connectivity index (χ2n) is 5.04. The predicted molar refractivity (Wildman–Crippen MR) is 87.4 cm³/mol. The van der Waals surface area contributed by atoms with E-state index in [-0.39, 0.29) is 11.8 Å². The van der Waals surface area contributed by atoms with Crippen LogP contribution in [0.3, 0.4) is 0 Å². The average molecular weight is 329 g/mol. The van der Waals surface area contributed by atoms with E-state index in [2.05, 4.69) is 29.4 Å². The number of amides is 1. The average Bonchev–Trinajstić information content (AvgIpc) is 3.18. The van der Waals surface area contributed by atoms with Crippen LogP contribution in [0.2, 0.25) is 0 Å². The highest BCUT2D eigenvalue weighted by Gasteiger charge is 2.14. The van der Waals surface area contributed by atoms with Crippen molar-refractivity contribution >= 4 is 23.7 Å². The molecule has 3 aromatic rings. The van der Waals surface area contributed by atoms with E-state index in [0.717, 1.165) is 10.5 Å². The fourth-order valence-corrected chi connectivity index (χ4v) is 2.83. The number of furan rings is 1. The molecule has 0 aliphatic carbocycles. The molecule has 0 unspecified atom stereocenters. The van der Waals surface area contributed by atoms with Crippen LogP contribution in [0, 0.1) is 0 Å². The van der Waals surface area contributed by atoms with Gasteiger partial charge in [0, 0.05) is 15.7 Å². The zero-order chi connectivity index (χ0) is 16.2. The van der Waals surface area contributed by atoms with Crippen LogP contribution < -0.4 is 5.32 Å². The zero-order valence-electron chi connectivity index (χ0n) is 12.6. The van der Waals surface area contributed by atoms with Crippen molar-refractivity contribution in [2.75, 3.05) is 5.32 Å². The molecule has 6 nitrogen and oxygen atoms in total. The summed E-state index contributed by atoms with van der Waals surface area (Å²) in [6, 6.07) is 11.1. The number of carbonyl (C=O) groups is 1. The van der Waals surface area contributed by atoms with Gasteiger partial charge in [0.15, 0.2) is 5.76 Å². The van der Waals surface area contributed by atoms with Crippen molar-refractivity contribution in [3.8, 4) is 11.5 Å². The summed E-state index contributed by atoms with van der Waals surface area (Å²) in [5.74, 6) is 0.0975. The van der Waals surface area contributed by atoms with Crippen molar-refractivity contribution in [2.24, 2.45) is 0 Å². The van der Waals surface area contributed by atoms with Crippen molar-refractivity contribution in [2.45, 2.75) is 24.0 Å². The Hall–Kier alpha value is -2.54. The summed E-state index contributed by atoms with van der Waals surface area (Å²) in [7, 11) is 0. The molecule has 0 saturated heterocycles. The molecule has 7 heteroatoms. The summed E-state index contributed by atoms with van der Waals surface area (Å²) < 4.78 is 10.5. The number of thioether (sulfide) groups is 1. The summed E-state index contributed by atoms with van der Waals surface area (Å²) in [4.78, 5) is 13.0. The highest BCUT2D eigenvalue weighted by molar-refractivity contribution is 7.99. The van der Waals surface area contributed by atoms with Gasteiger partial charge in [-0.15, -0.1) is 16.9 Å². The smallest absolute Gasteiger partial charge is 0.322 e. The Morgan fingerprint density at radius 1 is 1.22 bits per heavy atom. The summed E-state index contributed by atoms with van der Waals surface area (Å²) >= 11 is 1.75. The van der Waals surface area contributed by atoms with Gasteiger partial charge in [0.25, 0.3) is 5.91 Å². The molecule has 0 atom stereocenters. The lowest BCUT2D eigenvalue weighted by Gasteiger charge is -2.05. The molecule has 23 heavy (non-hydrogen) atoms. The highest BCUT2D eigenvalue weighted by Crippen LogP contribution is 2.28. The molecule has 1 amide bonds. The SMILES string of the molecule is CC(C)Sc1cccc(-c2nnc(NC(=O)c3ccco3)o2)c1. The van der Waals surface area contributed by atoms with Crippen molar-refractivity contribution < 1.29 is 13.6 Å². The highest BCUT2D eigenvalue weighted by atomic mass is 32.2. The molecule has 0 aliphatic heterocycles. The summed E-state index contributed by atoms with van der Waals surface area (Å²) in [5.41, 5.74) is 0.807. The Balaban J connectivity index is 1.75. The van der Waals surface area contributed by atoms with Gasteiger partial charge in [-0.25, -0.2) is 0 Å². The molecule has 1 N–H and O–H groups in total. The Labute approximate surface area is 137 Å². The fourth-order valence-electron chi connectivity index (χ4n) is 1.93. The van der Waals surface area contributed by atoms with Crippen molar-refractivity contribution in [3.63, 3.8) is 0 Å². The first kappa shape index (κ1) is 15.4. The van der Waals surface area contributed by atoms with Crippen LogP contribution >= 0.6 is 11.8 Å². The van der Waals surface area contributed by atoms with E-state index in [1.807, 2.05) is 24.3 Å². The van der Waals surface area contributed by atoms with Crippen LogP contribution in [-0.4, -0.2) is 21.4 Å². The standard InChI is InChI=1S/C16H15N3O3S/c1-10(2)23-12-6-3-5-11(9-12)15-18-19-16(22-15)17-14(20)13-7-4-8-21-13/h3-10H,1-2H3,(H,17,19,20). The monoisotopic (exact) mass is 329 g/mol. The third kappa shape index (κ3) is 3.81. The van der Waals surface area contributed by atoms with Crippen LogP contribution in [0.4, 0.5) is 6.01 Å². The molecular weight excluding hydrogens is 314 g/mol. The topological polar surface area (TPSA) is 81.2 Å². The maximum Gasteiger partial charge on any atom is 0.322 e. The fraction of sp³-hybridized carbons (Fsp3) is 0.188. The summed E-state index contributed by atoms with van der Waals surface area (Å²) in [5, 5.41) is 10.8. The van der Waals surface area contributed by atoms with Gasteiger partial charge in [-0.05, 0) is 30.3 Å². The number of aromatic nitrogens is 2. The van der Waals surface area contributed by atoms with Crippen LogP contribution in [0.15, 0.2) is 56.4 Å². The minimum absolute atomic E-state index is 0.0308. The van der Waals surface area contributed by atoms with Gasteiger partial charge in [0.1, 0.15) is 0 Å². The lowest BCUT2D eigenvalue weighted by atomic mass is 10.2. The van der Waals surface area contributed by atoms with E-state index >= 15 is 0 Å². The molecule has 2 heterocycles. The number of hydrogen-bond acceptors (Lipinski definition) is 6. The predicted octanol–water partition coefficient (Wildman–Crippen LogP) is 4.08. The lowest BCUT2D eigenvalue weighted by Crippen LogP contribution is -2.10. The van der Waals surface area contributed by atoms with Gasteiger partial charge in [0.2, 0.25) is 5.89 Å². The number of carbonyl (C=O) groups excluding carboxylic acids is 1. The number of rotatable bonds is 5. The largest absolute Gasteiger partial charge is 0.459 e. The van der Waals surface area contributed by atoms with Crippen molar-refractivity contribution in [3.05, 3.63) is 48.4 Å². The zero-order valence-corrected chi connectivity index (χ0v) is 13.5. The molecule has 0 spiro atoms. The quantitative estimate of drug-likeness (QED) is 0.710. The molecule has 2 aromatic heterocycles. The van der Waals surface area contributed by atoms with Gasteiger partial charge < -0.3 is 8.83 Å². The number of nitrogens with zero attached hydrogens (tertiary/aromatic N) is 2. The van der Waals surface area contributed by atoms with Crippen LogP contribution in [0.5, 0.6) is 0 Å². The van der Waals surface area contributed by atoms with E-state index in [4.69, 9.17) is 8.83 Å². The number of hydrogen-bond donors (Lipinski definition) is 1. The molecule has 118 valence electrons. The van der Waals surface area contributed by atoms with Crippen LogP contribution in [0.1, 0.15) is 24.4 Å². The Bertz CT molecular complexity index is 797. The number of benzene rings is 1. The summed E-state index contributed by atoms with van der Waals surface area (Å²) in [6.07, 6.45) is 1.42. The summed E-state index contributed by atoms with van der Waals surface area (Å²) in [6.45, 7) is 4.26. The third-order valence-electron chi connectivity index (χ3n) is 2.84. The molecular formula is C16H15N3O3S. The van der Waals surface area contributed by atoms with Gasteiger partial charge in [-0.1, -0.05) is 25.0 Å². The molecule has 0 fully saturated rings. The van der Waals surface area contributed by atoms with Gasteiger partial charge in [0.05, 0.1) is 6.26 Å².